The molecule has 14 heavy (non-hydrogen) atoms. The average Bonchev–Trinajstić information content (AvgIpc) is 2.55. The molecule has 0 radical (unpaired) electrons. The minimum atomic E-state index is 0.592. The molecule has 3 nitrogen and oxygen atoms in total. The van der Waals surface area contributed by atoms with Crippen LogP contribution in [0.25, 0.3) is 17.0 Å². The first kappa shape index (κ1) is 10.1. The molecule has 1 unspecified atom stereocenters. The molecule has 2 aromatic heterocycles. The van der Waals surface area contributed by atoms with E-state index in [4.69, 9.17) is 0 Å². The third-order valence-electron chi connectivity index (χ3n) is 2.00. The lowest BCUT2D eigenvalue weighted by atomic mass is 10.2. The highest BCUT2D eigenvalue weighted by atomic mass is 127. The molecule has 72 valence electrons. The van der Waals surface area contributed by atoms with Crippen molar-refractivity contribution in [1.29, 1.82) is 0 Å². The van der Waals surface area contributed by atoms with E-state index in [0.717, 1.165) is 22.3 Å². The zero-order valence-corrected chi connectivity index (χ0v) is 10.8. The summed E-state index contributed by atoms with van der Waals surface area (Å²) in [6.45, 7) is 5.74. The third kappa shape index (κ3) is 1.57. The van der Waals surface area contributed by atoms with E-state index in [1.807, 2.05) is 23.6 Å². The van der Waals surface area contributed by atoms with Crippen molar-refractivity contribution in [2.75, 3.05) is 0 Å². The second-order valence-electron chi connectivity index (χ2n) is 2.93. The first-order valence-electron chi connectivity index (χ1n) is 4.10. The summed E-state index contributed by atoms with van der Waals surface area (Å²) in [5, 5.41) is 5.57. The van der Waals surface area contributed by atoms with E-state index in [2.05, 4.69) is 38.7 Å². The van der Waals surface area contributed by atoms with Crippen molar-refractivity contribution >= 4 is 45.4 Å². The monoisotopic (exact) mass is 317 g/mol. The van der Waals surface area contributed by atoms with Crippen LogP contribution in [0.4, 0.5) is 0 Å². The zero-order valence-electron chi connectivity index (χ0n) is 7.66. The zero-order chi connectivity index (χ0) is 10.1. The maximum absolute atomic E-state index is 4.43. The van der Waals surface area contributed by atoms with Gasteiger partial charge in [-0.05, 0) is 41.1 Å². The van der Waals surface area contributed by atoms with Crippen LogP contribution in [0.1, 0.15) is 11.4 Å². The van der Waals surface area contributed by atoms with Gasteiger partial charge in [-0.3, -0.25) is 4.98 Å². The molecule has 0 saturated carbocycles. The topological polar surface area (TPSA) is 30.7 Å². The van der Waals surface area contributed by atoms with Crippen molar-refractivity contribution in [1.82, 2.24) is 14.5 Å². The summed E-state index contributed by atoms with van der Waals surface area (Å²) in [7, 11) is 0. The Hall–Kier alpha value is -0.480. The molecule has 5 heteroatoms. The smallest absolute Gasteiger partial charge is 0.0928 e. The molecule has 2 rings (SSSR count). The third-order valence-corrected chi connectivity index (χ3v) is 3.88. The molecule has 0 bridgehead atoms. The molecule has 0 amide bonds. The number of aromatic nitrogens is 3. The van der Waals surface area contributed by atoms with Crippen LogP contribution in [-0.2, 0) is 0 Å². The molecule has 0 fully saturated rings. The SMILES string of the molecule is C=Cc1nn(PI)c2cnc(C)cc12. The molecule has 0 aliphatic rings. The van der Waals surface area contributed by atoms with Gasteiger partial charge in [0.2, 0.25) is 0 Å². The van der Waals surface area contributed by atoms with Crippen molar-refractivity contribution in [2.24, 2.45) is 0 Å². The molecule has 0 aliphatic heterocycles. The lowest BCUT2D eigenvalue weighted by molar-refractivity contribution is 1.03. The fourth-order valence-electron chi connectivity index (χ4n) is 1.36. The van der Waals surface area contributed by atoms with Gasteiger partial charge in [-0.2, -0.15) is 5.10 Å². The van der Waals surface area contributed by atoms with E-state index in [9.17, 15) is 0 Å². The minimum Gasteiger partial charge on any atom is -0.259 e. The quantitative estimate of drug-likeness (QED) is 0.629. The maximum Gasteiger partial charge on any atom is 0.0928 e. The maximum atomic E-state index is 4.43. The highest BCUT2D eigenvalue weighted by Gasteiger charge is 2.07. The van der Waals surface area contributed by atoms with Crippen LogP contribution in [0.2, 0.25) is 0 Å². The van der Waals surface area contributed by atoms with Gasteiger partial charge in [-0.1, -0.05) is 6.58 Å². The normalized spacial score (nSPS) is 11.6. The summed E-state index contributed by atoms with van der Waals surface area (Å²) in [5.41, 5.74) is 3.03. The van der Waals surface area contributed by atoms with Crippen molar-refractivity contribution in [3.63, 3.8) is 0 Å². The Morgan fingerprint density at radius 3 is 3.07 bits per heavy atom. The second kappa shape index (κ2) is 3.95. The van der Waals surface area contributed by atoms with Crippen LogP contribution >= 0.6 is 28.4 Å². The van der Waals surface area contributed by atoms with Crippen LogP contribution in [0.5, 0.6) is 0 Å². The average molecular weight is 317 g/mol. The van der Waals surface area contributed by atoms with Gasteiger partial charge in [0.15, 0.2) is 0 Å². The molecule has 0 saturated heterocycles. The van der Waals surface area contributed by atoms with Crippen LogP contribution < -0.4 is 0 Å². The van der Waals surface area contributed by atoms with Crippen molar-refractivity contribution in [2.45, 2.75) is 6.92 Å². The Labute approximate surface area is 96.9 Å². The van der Waals surface area contributed by atoms with E-state index in [1.54, 1.807) is 6.08 Å². The summed E-state index contributed by atoms with van der Waals surface area (Å²) in [6, 6.07) is 2.05. The van der Waals surface area contributed by atoms with Gasteiger partial charge in [-0.15, -0.1) is 0 Å². The molecule has 0 spiro atoms. The first-order chi connectivity index (χ1) is 6.76. The van der Waals surface area contributed by atoms with E-state index in [1.165, 1.54) is 0 Å². The summed E-state index contributed by atoms with van der Waals surface area (Å²) in [4.78, 5) is 4.27. The van der Waals surface area contributed by atoms with Crippen LogP contribution in [0.15, 0.2) is 18.8 Å². The van der Waals surface area contributed by atoms with Gasteiger partial charge in [0.05, 0.1) is 23.8 Å². The van der Waals surface area contributed by atoms with Crippen molar-refractivity contribution in [3.05, 3.63) is 30.2 Å². The van der Waals surface area contributed by atoms with Crippen LogP contribution in [0, 0.1) is 6.92 Å². The number of halogens is 1. The number of fused-ring (bicyclic) bond motifs is 1. The van der Waals surface area contributed by atoms with E-state index in [-0.39, 0.29) is 0 Å². The van der Waals surface area contributed by atoms with Gasteiger partial charge >= 0.3 is 0 Å². The molecule has 2 aromatic rings. The largest absolute Gasteiger partial charge is 0.259 e. The summed E-state index contributed by atoms with van der Waals surface area (Å²) < 4.78 is 1.96. The molecular weight excluding hydrogens is 308 g/mol. The molecule has 0 aliphatic carbocycles. The van der Waals surface area contributed by atoms with Gasteiger partial charge in [0.25, 0.3) is 0 Å². The summed E-state index contributed by atoms with van der Waals surface area (Å²) in [6.07, 6.45) is 4.25. The van der Waals surface area contributed by atoms with E-state index in [0.29, 0.717) is 6.37 Å². The summed E-state index contributed by atoms with van der Waals surface area (Å²) >= 11 is 2.31. The Bertz CT molecular complexity index is 492. The van der Waals surface area contributed by atoms with E-state index >= 15 is 0 Å². The number of aryl methyl sites for hydroxylation is 1. The van der Waals surface area contributed by atoms with Crippen LogP contribution in [0.3, 0.4) is 0 Å². The van der Waals surface area contributed by atoms with Gasteiger partial charge in [0.1, 0.15) is 0 Å². The molecule has 0 N–H and O–H groups in total. The fraction of sp³-hybridized carbons (Fsp3) is 0.111. The molecule has 1 atom stereocenters. The minimum absolute atomic E-state index is 0.592. The predicted molar refractivity (Wildman–Crippen MR) is 70.1 cm³/mol. The number of rotatable bonds is 2. The number of hydrogen-bond donors (Lipinski definition) is 0. The van der Waals surface area contributed by atoms with Crippen molar-refractivity contribution in [3.8, 4) is 0 Å². The lowest BCUT2D eigenvalue weighted by Crippen LogP contribution is -1.84. The summed E-state index contributed by atoms with van der Waals surface area (Å²) in [5.74, 6) is 0. The Kier molecular flexibility index (Phi) is 2.83. The Morgan fingerprint density at radius 2 is 2.43 bits per heavy atom. The highest BCUT2D eigenvalue weighted by Crippen LogP contribution is 2.30. The van der Waals surface area contributed by atoms with E-state index < -0.39 is 0 Å². The fourth-order valence-corrected chi connectivity index (χ4v) is 2.88. The first-order valence-corrected chi connectivity index (χ1v) is 8.17. The number of nitrogens with zero attached hydrogens (tertiary/aromatic N) is 3. The van der Waals surface area contributed by atoms with Crippen LogP contribution in [-0.4, -0.2) is 14.5 Å². The molecule has 0 aromatic carbocycles. The van der Waals surface area contributed by atoms with Gasteiger partial charge < -0.3 is 0 Å². The molecule has 2 heterocycles. The standard InChI is InChI=1S/C9H9IN3P/c1-3-8-7-4-6(2)11-5-9(7)13(12-8)14-10/h3-5,14H,1H2,2H3. The Morgan fingerprint density at radius 1 is 1.64 bits per heavy atom. The lowest BCUT2D eigenvalue weighted by Gasteiger charge is -1.95. The van der Waals surface area contributed by atoms with Gasteiger partial charge in [0, 0.05) is 11.1 Å². The highest BCUT2D eigenvalue weighted by molar-refractivity contribution is 14.2. The van der Waals surface area contributed by atoms with Gasteiger partial charge in [-0.25, -0.2) is 4.45 Å². The Balaban J connectivity index is 2.82. The van der Waals surface area contributed by atoms with Crippen molar-refractivity contribution < 1.29 is 0 Å². The number of hydrogen-bond acceptors (Lipinski definition) is 2. The predicted octanol–water partition coefficient (Wildman–Crippen LogP) is 3.17. The molecular formula is C9H9IN3P. The second-order valence-corrected chi connectivity index (χ2v) is 4.97. The number of pyridine rings is 1.